The zero-order valence-electron chi connectivity index (χ0n) is 34.9. The van der Waals surface area contributed by atoms with E-state index in [4.69, 9.17) is 18.9 Å². The van der Waals surface area contributed by atoms with Gasteiger partial charge >= 0.3 is 6.09 Å². The molecule has 53 heavy (non-hydrogen) atoms. The fourth-order valence-corrected chi connectivity index (χ4v) is 15.0. The van der Waals surface area contributed by atoms with Crippen molar-refractivity contribution in [3.8, 4) is 0 Å². The molecule has 3 aliphatic heterocycles. The molecular weight excluding hydrogens is 666 g/mol. The molecule has 5 saturated carbocycles. The van der Waals surface area contributed by atoms with E-state index in [9.17, 15) is 9.90 Å². The molecule has 5 aliphatic carbocycles. The van der Waals surface area contributed by atoms with Crippen molar-refractivity contribution in [3.05, 3.63) is 0 Å². The number of aliphatic hydroxyl groups excluding tert-OH is 1. The van der Waals surface area contributed by atoms with Crippen LogP contribution in [0, 0.1) is 56.7 Å². The Morgan fingerprint density at radius 3 is 2.43 bits per heavy atom. The molecule has 0 bridgehead atoms. The van der Waals surface area contributed by atoms with Gasteiger partial charge in [-0.3, -0.25) is 4.90 Å². The number of hydrogen-bond donors (Lipinski definition) is 1. The number of nitrogens with zero attached hydrogens (tertiary/aromatic N) is 3. The van der Waals surface area contributed by atoms with E-state index in [2.05, 4.69) is 72.2 Å². The van der Waals surface area contributed by atoms with Gasteiger partial charge in [0.25, 0.3) is 0 Å². The Kier molecular flexibility index (Phi) is 10.2. The summed E-state index contributed by atoms with van der Waals surface area (Å²) in [6.07, 6.45) is 10.3. The SMILES string of the molecule is CCCN(C)CCN1CCO[C@@H](OC2CC[C@]34C[C@]35CC[C@]3(C)[C@@H]6[C@H](O[C@@H]([C@H](OC(=O)N7CCC7)C(C)C)C[C@H]6C)[C@H](O)[C@@]3(C)[C@@H]5CC[C@H]4C2(C)C)C1. The number of hydrogen-bond acceptors (Lipinski definition) is 8. The van der Waals surface area contributed by atoms with Crippen LogP contribution in [0.4, 0.5) is 4.79 Å². The highest BCUT2D eigenvalue weighted by Gasteiger charge is 2.84. The number of ether oxygens (including phenoxy) is 4. The number of likely N-dealkylation sites (tertiary alicyclic amines) is 1. The van der Waals surface area contributed by atoms with Gasteiger partial charge in [-0.15, -0.1) is 0 Å². The van der Waals surface area contributed by atoms with Gasteiger partial charge in [-0.1, -0.05) is 55.4 Å². The maximum Gasteiger partial charge on any atom is 0.410 e. The van der Waals surface area contributed by atoms with Crippen molar-refractivity contribution in [2.24, 2.45) is 56.7 Å². The van der Waals surface area contributed by atoms with E-state index in [1.54, 1.807) is 4.90 Å². The first-order chi connectivity index (χ1) is 25.1. The molecule has 0 radical (unpaired) electrons. The van der Waals surface area contributed by atoms with Gasteiger partial charge in [-0.25, -0.2) is 4.79 Å². The number of rotatable bonds is 10. The Bertz CT molecular complexity index is 1360. The third-order valence-electron chi connectivity index (χ3n) is 18.0. The minimum atomic E-state index is -0.515. The number of aliphatic hydroxyl groups is 1. The average molecular weight is 742 g/mol. The Morgan fingerprint density at radius 2 is 1.74 bits per heavy atom. The number of fused-ring (bicyclic) bond motifs is 4. The van der Waals surface area contributed by atoms with Crippen LogP contribution in [0.1, 0.15) is 120 Å². The van der Waals surface area contributed by atoms with Crippen molar-refractivity contribution in [1.82, 2.24) is 14.7 Å². The smallest absolute Gasteiger partial charge is 0.410 e. The normalized spacial score (nSPS) is 47.8. The minimum absolute atomic E-state index is 0.0149. The van der Waals surface area contributed by atoms with Crippen molar-refractivity contribution in [1.29, 1.82) is 0 Å². The molecule has 9 heteroatoms. The molecule has 3 saturated heterocycles. The van der Waals surface area contributed by atoms with Crippen LogP contribution in [-0.2, 0) is 18.9 Å². The number of likely N-dealkylation sites (N-methyl/N-ethyl adjacent to an activating group) is 1. The van der Waals surface area contributed by atoms with Gasteiger partial charge in [0.15, 0.2) is 6.29 Å². The first kappa shape index (κ1) is 38.9. The molecule has 1 amide bonds. The molecule has 0 aromatic carbocycles. The molecular formula is C44H75N3O6. The topological polar surface area (TPSA) is 83.9 Å². The molecule has 0 aromatic rings. The molecule has 0 aromatic heterocycles. The summed E-state index contributed by atoms with van der Waals surface area (Å²) >= 11 is 0. The van der Waals surface area contributed by atoms with Crippen molar-refractivity contribution in [2.45, 2.75) is 156 Å². The van der Waals surface area contributed by atoms with E-state index in [0.717, 1.165) is 71.7 Å². The largest absolute Gasteiger partial charge is 0.443 e. The van der Waals surface area contributed by atoms with Crippen molar-refractivity contribution < 1.29 is 28.8 Å². The highest BCUT2D eigenvalue weighted by molar-refractivity contribution is 5.68. The van der Waals surface area contributed by atoms with E-state index in [-0.39, 0.29) is 59.0 Å². The molecule has 14 atom stereocenters. The quantitative estimate of drug-likeness (QED) is 0.255. The van der Waals surface area contributed by atoms with E-state index >= 15 is 0 Å². The first-order valence-corrected chi connectivity index (χ1v) is 22.1. The van der Waals surface area contributed by atoms with Crippen LogP contribution in [0.2, 0.25) is 0 Å². The van der Waals surface area contributed by atoms with Crippen LogP contribution in [0.15, 0.2) is 0 Å². The lowest BCUT2D eigenvalue weighted by Gasteiger charge is -2.64. The van der Waals surface area contributed by atoms with Gasteiger partial charge in [0.1, 0.15) is 6.10 Å². The monoisotopic (exact) mass is 742 g/mol. The van der Waals surface area contributed by atoms with E-state index < -0.39 is 6.10 Å². The van der Waals surface area contributed by atoms with Crippen molar-refractivity contribution in [2.75, 3.05) is 59.5 Å². The lowest BCUT2D eigenvalue weighted by Crippen LogP contribution is -2.60. The van der Waals surface area contributed by atoms with Crippen LogP contribution < -0.4 is 0 Å². The minimum Gasteiger partial charge on any atom is -0.443 e. The summed E-state index contributed by atoms with van der Waals surface area (Å²) in [6.45, 7) is 26.5. The molecule has 8 fully saturated rings. The van der Waals surface area contributed by atoms with Crippen LogP contribution >= 0.6 is 0 Å². The third-order valence-corrected chi connectivity index (χ3v) is 18.0. The molecule has 302 valence electrons. The number of morpholine rings is 1. The highest BCUT2D eigenvalue weighted by atomic mass is 16.7. The number of carbonyl (C=O) groups is 1. The van der Waals surface area contributed by atoms with Gasteiger partial charge < -0.3 is 33.9 Å². The number of carbonyl (C=O) groups excluding carboxylic acids is 1. The maximum absolute atomic E-state index is 13.0. The Labute approximate surface area is 321 Å². The summed E-state index contributed by atoms with van der Waals surface area (Å²) in [6, 6.07) is 0. The Balaban J connectivity index is 0.970. The molecule has 3 heterocycles. The summed E-state index contributed by atoms with van der Waals surface area (Å²) < 4.78 is 26.6. The highest BCUT2D eigenvalue weighted by Crippen LogP contribution is 2.89. The third kappa shape index (κ3) is 5.83. The summed E-state index contributed by atoms with van der Waals surface area (Å²) in [7, 11) is 2.23. The molecule has 8 rings (SSSR count). The van der Waals surface area contributed by atoms with Gasteiger partial charge in [0.05, 0.1) is 31.0 Å². The van der Waals surface area contributed by atoms with Gasteiger partial charge in [-0.2, -0.15) is 0 Å². The van der Waals surface area contributed by atoms with Crippen LogP contribution in [-0.4, -0.2) is 122 Å². The number of amides is 1. The molecule has 2 spiro atoms. The van der Waals surface area contributed by atoms with Gasteiger partial charge in [0.2, 0.25) is 0 Å². The summed E-state index contributed by atoms with van der Waals surface area (Å²) in [5.41, 5.74) is 0.541. The Morgan fingerprint density at radius 1 is 1.00 bits per heavy atom. The molecule has 1 N–H and O–H groups in total. The summed E-state index contributed by atoms with van der Waals surface area (Å²) in [4.78, 5) is 19.8. The standard InChI is InChI=1S/C44H75N3O6/c1-10-18-45(9)21-22-46-23-24-50-34(26-46)52-33-14-15-43-27-44(43)17-16-41(7)35-29(4)25-30(36(28(2)3)53-39(49)47-19-11-20-47)51-37(35)38(48)42(41,8)32(44)13-12-31(43)40(33,5)6/h28-38,48H,10-27H2,1-9H3/t29-,30-,31+,32+,33?,34+,35+,36-,37+,38+,41-,42-,43-,44+/m1/s1. The van der Waals surface area contributed by atoms with E-state index in [1.807, 2.05) is 0 Å². The zero-order valence-corrected chi connectivity index (χ0v) is 34.9. The second-order valence-corrected chi connectivity index (χ2v) is 21.0. The Hall–Kier alpha value is -0.970. The second kappa shape index (κ2) is 13.9. The average Bonchev–Trinajstić information content (AvgIpc) is 3.71. The molecule has 8 aliphatic rings. The lowest BCUT2D eigenvalue weighted by atomic mass is 9.41. The van der Waals surface area contributed by atoms with E-state index in [0.29, 0.717) is 34.5 Å². The molecule has 9 nitrogen and oxygen atoms in total. The summed E-state index contributed by atoms with van der Waals surface area (Å²) in [5, 5.41) is 12.7. The van der Waals surface area contributed by atoms with Gasteiger partial charge in [-0.05, 0) is 129 Å². The fourth-order valence-electron chi connectivity index (χ4n) is 15.0. The zero-order chi connectivity index (χ0) is 37.7. The van der Waals surface area contributed by atoms with Crippen molar-refractivity contribution >= 4 is 6.09 Å². The first-order valence-electron chi connectivity index (χ1n) is 22.1. The predicted molar refractivity (Wildman–Crippen MR) is 206 cm³/mol. The predicted octanol–water partition coefficient (Wildman–Crippen LogP) is 7.05. The van der Waals surface area contributed by atoms with Crippen LogP contribution in [0.3, 0.4) is 0 Å². The molecule has 1 unspecified atom stereocenters. The maximum atomic E-state index is 13.0. The van der Waals surface area contributed by atoms with Crippen molar-refractivity contribution in [3.63, 3.8) is 0 Å². The second-order valence-electron chi connectivity index (χ2n) is 21.0. The fraction of sp³-hybridized carbons (Fsp3) is 0.977. The summed E-state index contributed by atoms with van der Waals surface area (Å²) in [5.74, 6) is 1.98. The van der Waals surface area contributed by atoms with Gasteiger partial charge in [0, 0.05) is 44.7 Å². The van der Waals surface area contributed by atoms with E-state index in [1.165, 1.54) is 44.9 Å². The lowest BCUT2D eigenvalue weighted by molar-refractivity contribution is -0.249. The van der Waals surface area contributed by atoms with Crippen LogP contribution in [0.25, 0.3) is 0 Å². The van der Waals surface area contributed by atoms with Crippen LogP contribution in [0.5, 0.6) is 0 Å².